The molecule has 0 aliphatic rings. The van der Waals surface area contributed by atoms with Gasteiger partial charge in [-0.2, -0.15) is 0 Å². The highest BCUT2D eigenvalue weighted by atomic mass is 19.1. The second kappa shape index (κ2) is 10.0. The molecule has 2 aromatic rings. The lowest BCUT2D eigenvalue weighted by Crippen LogP contribution is -2.59. The van der Waals surface area contributed by atoms with Crippen LogP contribution < -0.4 is 15.5 Å². The number of nitrogens with one attached hydrogen (secondary N) is 2. The van der Waals surface area contributed by atoms with Gasteiger partial charge in [0.1, 0.15) is 11.3 Å². The lowest BCUT2D eigenvalue weighted by Gasteiger charge is -2.32. The number of alkyl halides is 1. The van der Waals surface area contributed by atoms with Crippen molar-refractivity contribution in [3.63, 3.8) is 0 Å². The zero-order valence-electron chi connectivity index (χ0n) is 16.4. The van der Waals surface area contributed by atoms with Crippen molar-refractivity contribution in [2.75, 3.05) is 20.3 Å². The maximum absolute atomic E-state index is 13.1. The van der Waals surface area contributed by atoms with Crippen LogP contribution in [-0.2, 0) is 4.79 Å². The number of carbonyl (C=O) groups excluding carboxylic acids is 1. The third kappa shape index (κ3) is 4.97. The van der Waals surface area contributed by atoms with E-state index in [2.05, 4.69) is 5.32 Å². The molecule has 0 bridgehead atoms. The number of amides is 1. The molecule has 1 amide bonds. The first-order valence-electron chi connectivity index (χ1n) is 9.11. The highest BCUT2D eigenvalue weighted by molar-refractivity contribution is 5.85. The number of rotatable bonds is 9. The number of hydrogen-bond acceptors (Lipinski definition) is 4. The van der Waals surface area contributed by atoms with Gasteiger partial charge in [0.25, 0.3) is 5.91 Å². The van der Waals surface area contributed by atoms with Crippen molar-refractivity contribution in [1.82, 2.24) is 10.8 Å². The molecule has 5 nitrogen and oxygen atoms in total. The van der Waals surface area contributed by atoms with Crippen LogP contribution >= 0.6 is 0 Å². The first-order chi connectivity index (χ1) is 13.5. The van der Waals surface area contributed by atoms with Crippen LogP contribution in [0, 0.1) is 5.92 Å². The van der Waals surface area contributed by atoms with E-state index >= 15 is 0 Å². The van der Waals surface area contributed by atoms with Crippen LogP contribution in [-0.4, -0.2) is 37.0 Å². The average Bonchev–Trinajstić information content (AvgIpc) is 2.75. The molecule has 0 fully saturated rings. The molecule has 0 saturated heterocycles. The first kappa shape index (κ1) is 21.6. The molecule has 0 aliphatic heterocycles. The summed E-state index contributed by atoms with van der Waals surface area (Å²) in [7, 11) is 1.65. The van der Waals surface area contributed by atoms with Crippen LogP contribution in [0.15, 0.2) is 54.6 Å². The van der Waals surface area contributed by atoms with Crippen molar-refractivity contribution in [2.24, 2.45) is 5.92 Å². The maximum atomic E-state index is 13.1. The van der Waals surface area contributed by atoms with Gasteiger partial charge in [-0.1, -0.05) is 61.5 Å². The van der Waals surface area contributed by atoms with E-state index in [0.29, 0.717) is 6.54 Å². The van der Waals surface area contributed by atoms with Crippen LogP contribution in [0.4, 0.5) is 4.39 Å². The number of halogens is 1. The van der Waals surface area contributed by atoms with E-state index in [1.807, 2.05) is 60.7 Å². The van der Waals surface area contributed by atoms with E-state index < -0.39 is 24.0 Å². The molecule has 2 aromatic carbocycles. The third-order valence-corrected chi connectivity index (χ3v) is 5.02. The zero-order valence-corrected chi connectivity index (χ0v) is 16.4. The van der Waals surface area contributed by atoms with E-state index in [1.54, 1.807) is 26.4 Å². The minimum atomic E-state index is -1.21. The molecular weight excluding hydrogens is 359 g/mol. The number of benzene rings is 2. The normalized spacial score (nSPS) is 14.5. The molecule has 6 heteroatoms. The van der Waals surface area contributed by atoms with Gasteiger partial charge in [-0.15, -0.1) is 0 Å². The number of hydroxylamine groups is 1. The molecule has 2 atom stereocenters. The van der Waals surface area contributed by atoms with Gasteiger partial charge < -0.3 is 4.74 Å². The fraction of sp³-hybridized carbons (Fsp3) is 0.318. The van der Waals surface area contributed by atoms with Gasteiger partial charge in [0.15, 0.2) is 0 Å². The van der Waals surface area contributed by atoms with Gasteiger partial charge in [0, 0.05) is 18.0 Å². The van der Waals surface area contributed by atoms with Crippen LogP contribution in [0.1, 0.15) is 19.4 Å². The number of methoxy groups -OCH3 is 1. The molecule has 2 rings (SSSR count). The van der Waals surface area contributed by atoms with Crippen molar-refractivity contribution in [3.05, 3.63) is 60.2 Å². The first-order valence-corrected chi connectivity index (χ1v) is 9.11. The van der Waals surface area contributed by atoms with E-state index in [0.717, 1.165) is 22.4 Å². The van der Waals surface area contributed by atoms with Crippen LogP contribution in [0.3, 0.4) is 0 Å². The highest BCUT2D eigenvalue weighted by Gasteiger charge is 2.38. The molecule has 0 aromatic heterocycles. The van der Waals surface area contributed by atoms with Crippen LogP contribution in [0.5, 0.6) is 5.75 Å². The summed E-state index contributed by atoms with van der Waals surface area (Å²) < 4.78 is 18.5. The van der Waals surface area contributed by atoms with Crippen molar-refractivity contribution in [3.8, 4) is 16.9 Å². The van der Waals surface area contributed by atoms with Crippen molar-refractivity contribution < 1.29 is 19.1 Å². The highest BCUT2D eigenvalue weighted by Crippen LogP contribution is 2.29. The standard InChI is InChI=1S/C22H27FN2O3/c1-16(15-23)22(2,21(26)25-27)24-14-6-7-17-10-12-18(13-11-17)19-8-4-5-9-20(19)28-3/h4-13,16,24,27H,14-15H2,1-3H3,(H,25,26)/b7-6+/t16?,22-/m0/s1. The second-order valence-corrected chi connectivity index (χ2v) is 6.80. The second-order valence-electron chi connectivity index (χ2n) is 6.80. The van der Waals surface area contributed by atoms with Crippen molar-refractivity contribution in [2.45, 2.75) is 19.4 Å². The Bertz CT molecular complexity index is 808. The smallest absolute Gasteiger partial charge is 0.263 e. The molecule has 3 N–H and O–H groups in total. The SMILES string of the molecule is COc1ccccc1-c1ccc(/C=C/CN[C@](C)(C(=O)NO)C(C)CF)cc1. The minimum absolute atomic E-state index is 0.350. The fourth-order valence-corrected chi connectivity index (χ4v) is 2.87. The van der Waals surface area contributed by atoms with E-state index in [9.17, 15) is 9.18 Å². The predicted octanol–water partition coefficient (Wildman–Crippen LogP) is 3.83. The molecule has 1 unspecified atom stereocenters. The number of para-hydroxylation sites is 1. The summed E-state index contributed by atoms with van der Waals surface area (Å²) in [6, 6.07) is 15.8. The Morgan fingerprint density at radius 1 is 1.25 bits per heavy atom. The summed E-state index contributed by atoms with van der Waals surface area (Å²) in [5, 5.41) is 11.9. The Hall–Kier alpha value is -2.70. The van der Waals surface area contributed by atoms with Crippen molar-refractivity contribution >= 4 is 12.0 Å². The average molecular weight is 386 g/mol. The Balaban J connectivity index is 2.04. The lowest BCUT2D eigenvalue weighted by molar-refractivity contribution is -0.137. The summed E-state index contributed by atoms with van der Waals surface area (Å²) in [5.74, 6) is -0.432. The van der Waals surface area contributed by atoms with Crippen LogP contribution in [0.25, 0.3) is 17.2 Å². The van der Waals surface area contributed by atoms with Gasteiger partial charge in [-0.3, -0.25) is 19.7 Å². The number of carbonyl (C=O) groups is 1. The van der Waals surface area contributed by atoms with Gasteiger partial charge >= 0.3 is 0 Å². The van der Waals surface area contributed by atoms with Gasteiger partial charge in [0.2, 0.25) is 0 Å². The predicted molar refractivity (Wildman–Crippen MR) is 109 cm³/mol. The van der Waals surface area contributed by atoms with E-state index in [-0.39, 0.29) is 0 Å². The fourth-order valence-electron chi connectivity index (χ4n) is 2.87. The molecule has 150 valence electrons. The third-order valence-electron chi connectivity index (χ3n) is 5.02. The Morgan fingerprint density at radius 3 is 2.54 bits per heavy atom. The summed E-state index contributed by atoms with van der Waals surface area (Å²) >= 11 is 0. The number of ether oxygens (including phenoxy) is 1. The van der Waals surface area contributed by atoms with E-state index in [1.165, 1.54) is 0 Å². The minimum Gasteiger partial charge on any atom is -0.496 e. The Kier molecular flexibility index (Phi) is 7.72. The molecule has 0 radical (unpaired) electrons. The number of hydrogen-bond donors (Lipinski definition) is 3. The monoisotopic (exact) mass is 386 g/mol. The lowest BCUT2D eigenvalue weighted by atomic mass is 9.87. The van der Waals surface area contributed by atoms with Crippen LogP contribution in [0.2, 0.25) is 0 Å². The largest absolute Gasteiger partial charge is 0.496 e. The Morgan fingerprint density at radius 2 is 1.93 bits per heavy atom. The molecule has 0 saturated carbocycles. The van der Waals surface area contributed by atoms with Gasteiger partial charge in [0.05, 0.1) is 13.8 Å². The molecular formula is C22H27FN2O3. The van der Waals surface area contributed by atoms with Gasteiger partial charge in [-0.25, -0.2) is 5.48 Å². The maximum Gasteiger partial charge on any atom is 0.263 e. The summed E-state index contributed by atoms with van der Waals surface area (Å²) in [6.45, 7) is 2.86. The topological polar surface area (TPSA) is 70.6 Å². The molecule has 0 aliphatic carbocycles. The Labute approximate surface area is 165 Å². The van der Waals surface area contributed by atoms with Gasteiger partial charge in [-0.05, 0) is 24.1 Å². The molecule has 0 spiro atoms. The quantitative estimate of drug-likeness (QED) is 0.452. The van der Waals surface area contributed by atoms with E-state index in [4.69, 9.17) is 9.94 Å². The molecule has 0 heterocycles. The van der Waals surface area contributed by atoms with Crippen molar-refractivity contribution in [1.29, 1.82) is 0 Å². The summed E-state index contributed by atoms with van der Waals surface area (Å²) in [6.07, 6.45) is 3.77. The molecule has 28 heavy (non-hydrogen) atoms. The summed E-state index contributed by atoms with van der Waals surface area (Å²) in [4.78, 5) is 11.9. The summed E-state index contributed by atoms with van der Waals surface area (Å²) in [5.41, 5.74) is 3.47. The zero-order chi connectivity index (χ0) is 20.6.